The van der Waals surface area contributed by atoms with Gasteiger partial charge in [-0.25, -0.2) is 0 Å². The largest absolute Gasteiger partial charge is 1.00 e. The zero-order valence-corrected chi connectivity index (χ0v) is 2.09. The summed E-state index contributed by atoms with van der Waals surface area (Å²) in [6, 6.07) is 0. The molecule has 0 saturated carbocycles. The molecule has 0 aliphatic rings. The van der Waals surface area contributed by atoms with Gasteiger partial charge in [-0.3, -0.25) is 0 Å². The van der Waals surface area contributed by atoms with E-state index in [0.717, 1.165) is 0 Å². The third-order valence-corrected chi connectivity index (χ3v) is 0. The fourth-order valence-electron chi connectivity index (χ4n) is 0. The molecule has 0 saturated heterocycles. The van der Waals surface area contributed by atoms with Gasteiger partial charge in [0.05, 0.1) is 0 Å². The maximum Gasteiger partial charge on any atom is 1.00 e. The van der Waals surface area contributed by atoms with Gasteiger partial charge in [-0.05, 0) is 0 Å². The smallest absolute Gasteiger partial charge is 0.418 e. The van der Waals surface area contributed by atoms with Crippen LogP contribution >= 0.6 is 0 Å². The maximum atomic E-state index is 9.75. The van der Waals surface area contributed by atoms with Gasteiger partial charge in [0.2, 0.25) is 0 Å². The van der Waals surface area contributed by atoms with E-state index in [0.29, 0.717) is 0 Å². The van der Waals surface area contributed by atoms with Gasteiger partial charge in [0.1, 0.15) is 0 Å². The molecule has 0 nitrogen and oxygen atoms in total. The van der Waals surface area contributed by atoms with Crippen molar-refractivity contribution in [2.75, 3.05) is 0 Å². The third-order valence-electron chi connectivity index (χ3n) is 0. The highest BCUT2D eigenvalue weighted by Crippen LogP contribution is 2.06. The lowest BCUT2D eigenvalue weighted by molar-refractivity contribution is 0.368. The van der Waals surface area contributed by atoms with Crippen LogP contribution in [0.25, 0.3) is 0 Å². The van der Waals surface area contributed by atoms with Gasteiger partial charge >= 0.3 is 31.7 Å². The van der Waals surface area contributed by atoms with Crippen LogP contribution in [0.15, 0.2) is 0 Å². The summed E-state index contributed by atoms with van der Waals surface area (Å²) >= 11 is 0. The van der Waals surface area contributed by atoms with Crippen LogP contribution in [0.5, 0.6) is 0 Å². The van der Waals surface area contributed by atoms with Crippen molar-refractivity contribution in [1.82, 2.24) is 0 Å². The summed E-state index contributed by atoms with van der Waals surface area (Å²) in [5, 5.41) is 0. The van der Waals surface area contributed by atoms with E-state index in [-0.39, 0.29) is 24.5 Å². The molecule has 0 atom stereocenters. The van der Waals surface area contributed by atoms with Crippen molar-refractivity contribution in [3.05, 3.63) is 0 Å². The molecule has 0 aliphatic carbocycles. The fraction of sp³-hybridized carbons (Fsp3) is 0. The molecule has 0 aliphatic heterocycles. The summed E-state index contributed by atoms with van der Waals surface area (Å²) in [7, 11) is -6.00. The van der Waals surface area contributed by atoms with E-state index in [2.05, 4.69) is 0 Å². The molecule has 0 aromatic carbocycles. The van der Waals surface area contributed by atoms with Gasteiger partial charge in [-0.2, -0.15) is 0 Å². The average Bonchev–Trinajstić information content (AvgIpc) is 0.722. The third kappa shape index (κ3) is 189. The summed E-state index contributed by atoms with van der Waals surface area (Å²) in [6.07, 6.45) is 0. The highest BCUT2D eigenvalue weighted by atomic mass is 24.3. The highest BCUT2D eigenvalue weighted by molar-refractivity contribution is 6.50. The summed E-state index contributed by atoms with van der Waals surface area (Å²) in [5.74, 6) is 0. The Balaban J connectivity index is -0.0000000800. The number of hydrogen-bond donors (Lipinski definition) is 0. The van der Waals surface area contributed by atoms with Crippen LogP contribution in [-0.2, 0) is 0 Å². The molecule has 36 valence electrons. The highest BCUT2D eigenvalue weighted by Gasteiger charge is 2.20. The molecule has 0 radical (unpaired) electrons. The first-order chi connectivity index (χ1) is 2.00. The molecule has 0 aromatic rings. The Morgan fingerprint density at radius 2 is 1.00 bits per heavy atom. The Kier molecular flexibility index (Phi) is 4.35. The molecule has 0 rings (SSSR count). The van der Waals surface area contributed by atoms with E-state index in [1.54, 1.807) is 0 Å². The second-order valence-electron chi connectivity index (χ2n) is 0.495. The van der Waals surface area contributed by atoms with Gasteiger partial charge in [0, 0.05) is 0 Å². The van der Waals surface area contributed by atoms with Gasteiger partial charge in [-0.1, -0.05) is 0 Å². The van der Waals surface area contributed by atoms with Crippen molar-refractivity contribution in [3.63, 3.8) is 0 Å². The number of rotatable bonds is 0. The quantitative estimate of drug-likeness (QED) is 0.318. The molecular weight excluding hydrogens is 111 g/mol. The molecular formula is H3BF4Mg. The Labute approximate surface area is 49.6 Å². The maximum absolute atomic E-state index is 9.75. The predicted octanol–water partition coefficient (Wildman–Crippen LogP) is 0.496. The first-order valence-corrected chi connectivity index (χ1v) is 0.873. The minimum atomic E-state index is -6.00. The van der Waals surface area contributed by atoms with Crippen LogP contribution in [-0.4, -0.2) is 30.3 Å². The predicted molar refractivity (Wildman–Crippen MR) is 19.8 cm³/mol. The van der Waals surface area contributed by atoms with Crippen LogP contribution in [0.4, 0.5) is 17.3 Å². The van der Waals surface area contributed by atoms with E-state index in [9.17, 15) is 17.3 Å². The number of halogens is 4. The zero-order chi connectivity index (χ0) is 4.50. The Bertz CT molecular complexity index is 27.2. The molecule has 0 N–H and O–H groups in total. The van der Waals surface area contributed by atoms with E-state index < -0.39 is 7.25 Å². The standard InChI is InChI=1S/BF4.Mg.2H/c2-1(3,4)5;;;/q-1;;;/p+1. The molecule has 0 heterocycles. The van der Waals surface area contributed by atoms with Gasteiger partial charge < -0.3 is 17.3 Å². The van der Waals surface area contributed by atoms with E-state index in [1.807, 2.05) is 0 Å². The van der Waals surface area contributed by atoms with Crippen molar-refractivity contribution in [2.24, 2.45) is 0 Å². The van der Waals surface area contributed by atoms with Gasteiger partial charge in [0.25, 0.3) is 0 Å². The van der Waals surface area contributed by atoms with Crippen molar-refractivity contribution in [2.45, 2.75) is 0 Å². The monoisotopic (exact) mass is 114 g/mol. The van der Waals surface area contributed by atoms with Crippen LogP contribution in [0.3, 0.4) is 0 Å². The Hall–Kier alpha value is 0.551. The van der Waals surface area contributed by atoms with Crippen molar-refractivity contribution < 1.29 is 18.7 Å². The molecule has 6 heavy (non-hydrogen) atoms. The summed E-state index contributed by atoms with van der Waals surface area (Å²) in [6.45, 7) is 0. The second-order valence-corrected chi connectivity index (χ2v) is 0.495. The van der Waals surface area contributed by atoms with Crippen LogP contribution in [0, 0.1) is 0 Å². The fourth-order valence-corrected chi connectivity index (χ4v) is 0. The molecule has 0 spiro atoms. The summed E-state index contributed by atoms with van der Waals surface area (Å²) < 4.78 is 39.0. The molecule has 0 unspecified atom stereocenters. The van der Waals surface area contributed by atoms with E-state index >= 15 is 0 Å². The summed E-state index contributed by atoms with van der Waals surface area (Å²) in [5.41, 5.74) is 0. The lowest BCUT2D eigenvalue weighted by atomic mass is 10.3. The number of hydrogen-bond acceptors (Lipinski definition) is 0. The molecule has 0 fully saturated rings. The van der Waals surface area contributed by atoms with Gasteiger partial charge in [-0.15, -0.1) is 0 Å². The summed E-state index contributed by atoms with van der Waals surface area (Å²) in [4.78, 5) is 0. The zero-order valence-electron chi connectivity index (χ0n) is 3.09. The van der Waals surface area contributed by atoms with Crippen molar-refractivity contribution >= 4 is 30.3 Å². The Morgan fingerprint density at radius 3 is 1.00 bits per heavy atom. The first-order valence-electron chi connectivity index (χ1n) is 0.873. The Morgan fingerprint density at radius 1 is 1.00 bits per heavy atom. The average molecular weight is 114 g/mol. The second kappa shape index (κ2) is 2.68. The lowest BCUT2D eigenvalue weighted by Gasteiger charge is -1.94. The van der Waals surface area contributed by atoms with Crippen LogP contribution in [0.2, 0.25) is 0 Å². The minimum absolute atomic E-state index is 0. The molecule has 6 heteroatoms. The minimum Gasteiger partial charge on any atom is -0.418 e. The van der Waals surface area contributed by atoms with Crippen molar-refractivity contribution in [1.29, 1.82) is 0 Å². The normalized spacial score (nSPS) is 10.0. The lowest BCUT2D eigenvalue weighted by Crippen LogP contribution is -2.02. The molecule has 0 aromatic heterocycles. The van der Waals surface area contributed by atoms with Crippen LogP contribution < -0.4 is 0 Å². The topological polar surface area (TPSA) is 0 Å². The molecule has 0 amide bonds. The van der Waals surface area contributed by atoms with E-state index in [1.165, 1.54) is 0 Å². The molecule has 0 bridgehead atoms. The SMILES string of the molecule is F[B-](F)(F)F.[H+].[MgH2]. The van der Waals surface area contributed by atoms with E-state index in [4.69, 9.17) is 0 Å². The van der Waals surface area contributed by atoms with Crippen molar-refractivity contribution in [3.8, 4) is 0 Å². The van der Waals surface area contributed by atoms with Gasteiger partial charge in [0.15, 0.2) is 0 Å². The first kappa shape index (κ1) is 9.75. The van der Waals surface area contributed by atoms with Crippen LogP contribution in [0.1, 0.15) is 1.43 Å².